The zero-order chi connectivity index (χ0) is 17.1. The molecule has 0 radical (unpaired) electrons. The van der Waals surface area contributed by atoms with E-state index in [4.69, 9.17) is 11.6 Å². The molecule has 0 unspecified atom stereocenters. The molecule has 1 aromatic rings. The fourth-order valence-electron chi connectivity index (χ4n) is 3.70. The number of anilines is 1. The molecule has 0 saturated heterocycles. The van der Waals surface area contributed by atoms with Gasteiger partial charge in [-0.1, -0.05) is 11.6 Å². The quantitative estimate of drug-likeness (QED) is 0.879. The van der Waals surface area contributed by atoms with E-state index in [2.05, 4.69) is 30.8 Å². The van der Waals surface area contributed by atoms with Gasteiger partial charge in [0, 0.05) is 29.3 Å². The zero-order valence-electron chi connectivity index (χ0n) is 14.5. The van der Waals surface area contributed by atoms with Crippen molar-refractivity contribution in [2.24, 2.45) is 0 Å². The molecule has 0 atom stereocenters. The van der Waals surface area contributed by atoms with Crippen molar-refractivity contribution >= 4 is 23.3 Å². The number of hydrogen-bond donors (Lipinski definition) is 1. The largest absolute Gasteiger partial charge is 0.478 e. The molecule has 4 nitrogen and oxygen atoms in total. The molecule has 0 spiro atoms. The molecule has 1 aromatic carbocycles. The number of rotatable bonds is 5. The van der Waals surface area contributed by atoms with Crippen molar-refractivity contribution in [1.82, 2.24) is 4.90 Å². The molecule has 1 aliphatic carbocycles. The smallest absolute Gasteiger partial charge is 0.336 e. The van der Waals surface area contributed by atoms with E-state index in [0.717, 1.165) is 30.6 Å². The molecule has 0 aliphatic heterocycles. The number of carboxylic acid groups (broad SMARTS) is 1. The first-order valence-corrected chi connectivity index (χ1v) is 8.69. The molecule has 1 fully saturated rings. The first-order chi connectivity index (χ1) is 10.8. The van der Waals surface area contributed by atoms with Crippen LogP contribution in [-0.4, -0.2) is 48.7 Å². The number of halogens is 1. The van der Waals surface area contributed by atoms with Gasteiger partial charge < -0.3 is 14.9 Å². The Kier molecular flexibility index (Phi) is 5.93. The normalized spacial score (nSPS) is 21.5. The first kappa shape index (κ1) is 18.1. The van der Waals surface area contributed by atoms with Crippen LogP contribution in [0.15, 0.2) is 12.1 Å². The van der Waals surface area contributed by atoms with Crippen LogP contribution in [0.4, 0.5) is 5.69 Å². The summed E-state index contributed by atoms with van der Waals surface area (Å²) in [4.78, 5) is 16.1. The van der Waals surface area contributed by atoms with Crippen molar-refractivity contribution < 1.29 is 9.90 Å². The van der Waals surface area contributed by atoms with Gasteiger partial charge in [0.1, 0.15) is 0 Å². The summed E-state index contributed by atoms with van der Waals surface area (Å²) in [5, 5.41) is 9.88. The van der Waals surface area contributed by atoms with Gasteiger partial charge in [-0.05, 0) is 71.3 Å². The standard InChI is InChI=1S/C18H27ClN2O2/c1-5-21(15-8-6-14(7-9-15)20(3)4)17-11-13(19)10-16(12(17)2)18(22)23/h10-11,14-15H,5-9H2,1-4H3,(H,22,23). The minimum atomic E-state index is -0.918. The third-order valence-corrected chi connectivity index (χ3v) is 5.28. The number of carboxylic acids is 1. The van der Waals surface area contributed by atoms with Crippen LogP contribution >= 0.6 is 11.6 Å². The lowest BCUT2D eigenvalue weighted by molar-refractivity contribution is 0.0696. The van der Waals surface area contributed by atoms with Crippen molar-refractivity contribution in [1.29, 1.82) is 0 Å². The second-order valence-electron chi connectivity index (χ2n) is 6.61. The molecule has 23 heavy (non-hydrogen) atoms. The van der Waals surface area contributed by atoms with Crippen molar-refractivity contribution in [3.63, 3.8) is 0 Å². The lowest BCUT2D eigenvalue weighted by atomic mass is 9.89. The molecule has 1 aliphatic rings. The van der Waals surface area contributed by atoms with Gasteiger partial charge in [-0.15, -0.1) is 0 Å². The van der Waals surface area contributed by atoms with Crippen LogP contribution in [0.3, 0.4) is 0 Å². The lowest BCUT2D eigenvalue weighted by Crippen LogP contribution is -2.42. The molecule has 5 heteroatoms. The van der Waals surface area contributed by atoms with Gasteiger partial charge in [0.15, 0.2) is 0 Å². The third kappa shape index (κ3) is 3.99. The topological polar surface area (TPSA) is 43.8 Å². The second kappa shape index (κ2) is 7.54. The highest BCUT2D eigenvalue weighted by molar-refractivity contribution is 6.31. The summed E-state index contributed by atoms with van der Waals surface area (Å²) in [5.41, 5.74) is 2.07. The van der Waals surface area contributed by atoms with Crippen molar-refractivity contribution in [3.8, 4) is 0 Å². The van der Waals surface area contributed by atoms with Crippen LogP contribution in [-0.2, 0) is 0 Å². The number of carbonyl (C=O) groups is 1. The van der Waals surface area contributed by atoms with E-state index >= 15 is 0 Å². The Labute approximate surface area is 144 Å². The molecule has 1 saturated carbocycles. The summed E-state index contributed by atoms with van der Waals surface area (Å²) >= 11 is 6.17. The molecular weight excluding hydrogens is 312 g/mol. The van der Waals surface area contributed by atoms with E-state index in [0.29, 0.717) is 22.7 Å². The van der Waals surface area contributed by atoms with Gasteiger partial charge >= 0.3 is 5.97 Å². The summed E-state index contributed by atoms with van der Waals surface area (Å²) in [6.07, 6.45) is 4.62. The first-order valence-electron chi connectivity index (χ1n) is 8.31. The molecule has 0 amide bonds. The predicted octanol–water partition coefficient (Wildman–Crippen LogP) is 4.05. The highest BCUT2D eigenvalue weighted by Crippen LogP contribution is 2.34. The Morgan fingerprint density at radius 3 is 2.26 bits per heavy atom. The fraction of sp³-hybridized carbons (Fsp3) is 0.611. The lowest BCUT2D eigenvalue weighted by Gasteiger charge is -2.40. The summed E-state index contributed by atoms with van der Waals surface area (Å²) in [6.45, 7) is 4.86. The highest BCUT2D eigenvalue weighted by atomic mass is 35.5. The van der Waals surface area contributed by atoms with E-state index in [1.165, 1.54) is 12.8 Å². The third-order valence-electron chi connectivity index (χ3n) is 5.06. The van der Waals surface area contributed by atoms with Gasteiger partial charge in [-0.3, -0.25) is 0 Å². The maximum atomic E-state index is 11.4. The summed E-state index contributed by atoms with van der Waals surface area (Å²) < 4.78 is 0. The van der Waals surface area contributed by atoms with Crippen LogP contribution in [0, 0.1) is 6.92 Å². The number of aromatic carboxylic acids is 1. The zero-order valence-corrected chi connectivity index (χ0v) is 15.2. The number of benzene rings is 1. The Hall–Kier alpha value is -1.26. The van der Waals surface area contributed by atoms with Crippen molar-refractivity contribution in [3.05, 3.63) is 28.3 Å². The van der Waals surface area contributed by atoms with E-state index in [1.54, 1.807) is 6.07 Å². The predicted molar refractivity (Wildman–Crippen MR) is 95.9 cm³/mol. The Balaban J connectivity index is 2.27. The minimum Gasteiger partial charge on any atom is -0.478 e. The molecule has 1 N–H and O–H groups in total. The highest BCUT2D eigenvalue weighted by Gasteiger charge is 2.28. The fourth-order valence-corrected chi connectivity index (χ4v) is 3.91. The second-order valence-corrected chi connectivity index (χ2v) is 7.05. The van der Waals surface area contributed by atoms with Crippen LogP contribution in [0.1, 0.15) is 48.5 Å². The van der Waals surface area contributed by atoms with Gasteiger partial charge in [0.2, 0.25) is 0 Å². The van der Waals surface area contributed by atoms with Gasteiger partial charge in [0.25, 0.3) is 0 Å². The number of hydrogen-bond acceptors (Lipinski definition) is 3. The average Bonchev–Trinajstić information content (AvgIpc) is 2.51. The van der Waals surface area contributed by atoms with Crippen LogP contribution in [0.5, 0.6) is 0 Å². The van der Waals surface area contributed by atoms with E-state index in [9.17, 15) is 9.90 Å². The van der Waals surface area contributed by atoms with Crippen LogP contribution < -0.4 is 4.90 Å². The average molecular weight is 339 g/mol. The van der Waals surface area contributed by atoms with E-state index in [-0.39, 0.29) is 0 Å². The molecule has 0 heterocycles. The van der Waals surface area contributed by atoms with Crippen LogP contribution in [0.2, 0.25) is 5.02 Å². The van der Waals surface area contributed by atoms with Gasteiger partial charge in [-0.25, -0.2) is 4.79 Å². The van der Waals surface area contributed by atoms with Crippen LogP contribution in [0.25, 0.3) is 0 Å². The molecular formula is C18H27ClN2O2. The maximum Gasteiger partial charge on any atom is 0.336 e. The molecule has 2 rings (SSSR count). The molecule has 128 valence electrons. The Bertz CT molecular complexity index is 566. The van der Waals surface area contributed by atoms with E-state index in [1.807, 2.05) is 13.0 Å². The summed E-state index contributed by atoms with van der Waals surface area (Å²) in [7, 11) is 4.28. The molecule has 0 aromatic heterocycles. The van der Waals surface area contributed by atoms with E-state index < -0.39 is 5.97 Å². The van der Waals surface area contributed by atoms with Crippen molar-refractivity contribution in [2.75, 3.05) is 25.5 Å². The Morgan fingerprint density at radius 2 is 1.78 bits per heavy atom. The minimum absolute atomic E-state index is 0.299. The Morgan fingerprint density at radius 1 is 1.22 bits per heavy atom. The molecule has 0 bridgehead atoms. The SMILES string of the molecule is CCN(c1cc(Cl)cc(C(=O)O)c1C)C1CCC(N(C)C)CC1. The van der Waals surface area contributed by atoms with Crippen molar-refractivity contribution in [2.45, 2.75) is 51.6 Å². The van der Waals surface area contributed by atoms with Gasteiger partial charge in [-0.2, -0.15) is 0 Å². The van der Waals surface area contributed by atoms with Gasteiger partial charge in [0.05, 0.1) is 5.56 Å². The maximum absolute atomic E-state index is 11.4. The summed E-state index contributed by atoms with van der Waals surface area (Å²) in [6, 6.07) is 4.56. The monoisotopic (exact) mass is 338 g/mol. The number of nitrogens with zero attached hydrogens (tertiary/aromatic N) is 2. The summed E-state index contributed by atoms with van der Waals surface area (Å²) in [5.74, 6) is -0.918.